The van der Waals surface area contributed by atoms with E-state index >= 15 is 0 Å². The first-order chi connectivity index (χ1) is 9.40. The summed E-state index contributed by atoms with van der Waals surface area (Å²) in [6, 6.07) is -0.0000539. The van der Waals surface area contributed by atoms with Crippen LogP contribution in [0.2, 0.25) is 0 Å². The Bertz CT molecular complexity index is 531. The number of rotatable bonds is 5. The lowest BCUT2D eigenvalue weighted by Gasteiger charge is -2.31. The summed E-state index contributed by atoms with van der Waals surface area (Å²) in [5, 5.41) is 12.8. The molecule has 2 atom stereocenters. The minimum absolute atomic E-state index is 0.0000539. The molecule has 0 radical (unpaired) electrons. The highest BCUT2D eigenvalue weighted by atomic mass is 32.2. The maximum absolute atomic E-state index is 12.3. The smallest absolute Gasteiger partial charge is 0.243 e. The van der Waals surface area contributed by atoms with E-state index < -0.39 is 10.0 Å². The van der Waals surface area contributed by atoms with Crippen LogP contribution in [-0.2, 0) is 16.6 Å². The highest BCUT2D eigenvalue weighted by Crippen LogP contribution is 2.29. The van der Waals surface area contributed by atoms with E-state index in [0.29, 0.717) is 18.4 Å². The van der Waals surface area contributed by atoms with Crippen LogP contribution in [0.3, 0.4) is 0 Å². The topological polar surface area (TPSA) is 84.2 Å². The van der Waals surface area contributed by atoms with Crippen molar-refractivity contribution in [3.63, 3.8) is 0 Å². The summed E-state index contributed by atoms with van der Waals surface area (Å²) in [5.74, 6) is 1.09. The molecule has 0 amide bonds. The fourth-order valence-electron chi connectivity index (χ4n) is 3.04. The molecule has 2 unspecified atom stereocenters. The van der Waals surface area contributed by atoms with Gasteiger partial charge < -0.3 is 5.11 Å². The zero-order chi connectivity index (χ0) is 14.8. The molecule has 0 saturated heterocycles. The molecule has 2 rings (SSSR count). The molecule has 114 valence electrons. The van der Waals surface area contributed by atoms with Gasteiger partial charge in [-0.15, -0.1) is 0 Å². The van der Waals surface area contributed by atoms with Crippen LogP contribution in [0.1, 0.15) is 33.1 Å². The first kappa shape index (κ1) is 15.5. The van der Waals surface area contributed by atoms with E-state index in [2.05, 4.69) is 23.7 Å². The second-order valence-electron chi connectivity index (χ2n) is 5.90. The molecule has 1 heterocycles. The van der Waals surface area contributed by atoms with Crippen LogP contribution in [0.25, 0.3) is 0 Å². The van der Waals surface area contributed by atoms with E-state index in [-0.39, 0.29) is 17.5 Å². The Morgan fingerprint density at radius 3 is 2.60 bits per heavy atom. The zero-order valence-electron chi connectivity index (χ0n) is 12.0. The van der Waals surface area contributed by atoms with Gasteiger partial charge in [0.1, 0.15) is 4.90 Å². The molecular formula is C13H23N3O3S. The number of nitrogens with zero attached hydrogens (tertiary/aromatic N) is 2. The van der Waals surface area contributed by atoms with E-state index in [0.717, 1.165) is 19.3 Å². The highest BCUT2D eigenvalue weighted by molar-refractivity contribution is 7.89. The minimum atomic E-state index is -3.52. The Labute approximate surface area is 120 Å². The fraction of sp³-hybridized carbons (Fsp3) is 0.769. The number of aromatic nitrogens is 2. The van der Waals surface area contributed by atoms with Gasteiger partial charge in [-0.05, 0) is 31.1 Å². The predicted octanol–water partition coefficient (Wildman–Crippen LogP) is 0.978. The molecule has 1 aromatic heterocycles. The summed E-state index contributed by atoms with van der Waals surface area (Å²) in [6.07, 6.45) is 5.71. The van der Waals surface area contributed by atoms with Crippen molar-refractivity contribution in [3.05, 3.63) is 12.4 Å². The summed E-state index contributed by atoms with van der Waals surface area (Å²) >= 11 is 0. The summed E-state index contributed by atoms with van der Waals surface area (Å²) in [4.78, 5) is 0.164. The molecule has 20 heavy (non-hydrogen) atoms. The third-order valence-electron chi connectivity index (χ3n) is 3.75. The maximum atomic E-state index is 12.3. The van der Waals surface area contributed by atoms with Gasteiger partial charge in [0.15, 0.2) is 0 Å². The van der Waals surface area contributed by atoms with Crippen molar-refractivity contribution in [1.82, 2.24) is 14.5 Å². The number of aliphatic hydroxyl groups excluding tert-OH is 1. The molecular weight excluding hydrogens is 278 g/mol. The monoisotopic (exact) mass is 301 g/mol. The molecule has 1 aromatic rings. The van der Waals surface area contributed by atoms with Crippen molar-refractivity contribution < 1.29 is 13.5 Å². The predicted molar refractivity (Wildman–Crippen MR) is 75.6 cm³/mol. The molecule has 7 heteroatoms. The molecule has 0 spiro atoms. The number of hydrogen-bond donors (Lipinski definition) is 2. The molecule has 0 bridgehead atoms. The number of sulfonamides is 1. The second-order valence-corrected chi connectivity index (χ2v) is 7.61. The molecule has 6 nitrogen and oxygen atoms in total. The first-order valence-electron chi connectivity index (χ1n) is 7.06. The van der Waals surface area contributed by atoms with Crippen molar-refractivity contribution in [3.8, 4) is 0 Å². The van der Waals surface area contributed by atoms with Crippen LogP contribution in [0, 0.1) is 11.8 Å². The third-order valence-corrected chi connectivity index (χ3v) is 5.22. The normalized spacial score (nSPS) is 27.6. The number of aliphatic hydroxyl groups is 1. The Kier molecular flexibility index (Phi) is 4.82. The fourth-order valence-corrected chi connectivity index (χ4v) is 4.25. The van der Waals surface area contributed by atoms with Crippen molar-refractivity contribution in [2.75, 3.05) is 6.61 Å². The lowest BCUT2D eigenvalue weighted by molar-refractivity contribution is 0.257. The van der Waals surface area contributed by atoms with E-state index in [9.17, 15) is 8.42 Å². The second kappa shape index (κ2) is 6.24. The number of hydrogen-bond acceptors (Lipinski definition) is 4. The van der Waals surface area contributed by atoms with Crippen molar-refractivity contribution in [2.45, 2.75) is 50.6 Å². The molecule has 1 aliphatic rings. The van der Waals surface area contributed by atoms with Crippen LogP contribution in [-0.4, -0.2) is 36.0 Å². The van der Waals surface area contributed by atoms with Gasteiger partial charge in [-0.2, -0.15) is 5.10 Å². The van der Waals surface area contributed by atoms with Gasteiger partial charge in [0.25, 0.3) is 0 Å². The summed E-state index contributed by atoms with van der Waals surface area (Å²) < 4.78 is 28.8. The van der Waals surface area contributed by atoms with Crippen LogP contribution < -0.4 is 4.72 Å². The Morgan fingerprint density at radius 2 is 2.00 bits per heavy atom. The van der Waals surface area contributed by atoms with E-state index in [1.54, 1.807) is 0 Å². The van der Waals surface area contributed by atoms with Gasteiger partial charge in [0.05, 0.1) is 19.3 Å². The third kappa shape index (κ3) is 3.80. The summed E-state index contributed by atoms with van der Waals surface area (Å²) in [6.45, 7) is 4.56. The lowest BCUT2D eigenvalue weighted by atomic mass is 9.81. The molecule has 1 saturated carbocycles. The van der Waals surface area contributed by atoms with Gasteiger partial charge in [0.2, 0.25) is 10.0 Å². The van der Waals surface area contributed by atoms with E-state index in [4.69, 9.17) is 5.11 Å². The number of nitrogens with one attached hydrogen (secondary N) is 1. The summed E-state index contributed by atoms with van der Waals surface area (Å²) in [7, 11) is -3.52. The van der Waals surface area contributed by atoms with Crippen LogP contribution in [0.4, 0.5) is 0 Å². The molecule has 1 fully saturated rings. The minimum Gasteiger partial charge on any atom is -0.394 e. The Hall–Kier alpha value is -0.920. The van der Waals surface area contributed by atoms with Gasteiger partial charge in [-0.3, -0.25) is 4.68 Å². The van der Waals surface area contributed by atoms with Crippen LogP contribution >= 0.6 is 0 Å². The van der Waals surface area contributed by atoms with Crippen molar-refractivity contribution >= 4 is 10.0 Å². The van der Waals surface area contributed by atoms with Gasteiger partial charge in [-0.25, -0.2) is 13.1 Å². The van der Waals surface area contributed by atoms with E-state index in [1.807, 2.05) is 0 Å². The van der Waals surface area contributed by atoms with Crippen molar-refractivity contribution in [1.29, 1.82) is 0 Å². The Morgan fingerprint density at radius 1 is 1.35 bits per heavy atom. The van der Waals surface area contributed by atoms with Gasteiger partial charge >= 0.3 is 0 Å². The molecule has 0 aliphatic heterocycles. The average molecular weight is 301 g/mol. The average Bonchev–Trinajstić information content (AvgIpc) is 2.76. The van der Waals surface area contributed by atoms with Gasteiger partial charge in [0, 0.05) is 12.2 Å². The summed E-state index contributed by atoms with van der Waals surface area (Å²) in [5.41, 5.74) is 0. The SMILES string of the molecule is CC1CC(C)CC(NS(=O)(=O)c2cnn(CCO)c2)C1. The zero-order valence-corrected chi connectivity index (χ0v) is 12.8. The Balaban J connectivity index is 2.06. The first-order valence-corrected chi connectivity index (χ1v) is 8.54. The van der Waals surface area contributed by atoms with Gasteiger partial charge in [-0.1, -0.05) is 13.8 Å². The quantitative estimate of drug-likeness (QED) is 0.849. The maximum Gasteiger partial charge on any atom is 0.243 e. The highest BCUT2D eigenvalue weighted by Gasteiger charge is 2.28. The largest absolute Gasteiger partial charge is 0.394 e. The molecule has 2 N–H and O–H groups in total. The van der Waals surface area contributed by atoms with E-state index in [1.165, 1.54) is 17.1 Å². The van der Waals surface area contributed by atoms with Crippen LogP contribution in [0.5, 0.6) is 0 Å². The standard InChI is InChI=1S/C13H23N3O3S/c1-10-5-11(2)7-12(6-10)15-20(18,19)13-8-14-16(9-13)3-4-17/h8-12,15,17H,3-7H2,1-2H3. The molecule has 0 aromatic carbocycles. The molecule has 1 aliphatic carbocycles. The van der Waals surface area contributed by atoms with Crippen molar-refractivity contribution in [2.24, 2.45) is 11.8 Å². The lowest BCUT2D eigenvalue weighted by Crippen LogP contribution is -2.39. The van der Waals surface area contributed by atoms with Crippen LogP contribution in [0.15, 0.2) is 17.3 Å².